The van der Waals surface area contributed by atoms with E-state index in [4.69, 9.17) is 0 Å². The Morgan fingerprint density at radius 3 is 2.83 bits per heavy atom. The van der Waals surface area contributed by atoms with Crippen LogP contribution >= 0.6 is 11.5 Å². The van der Waals surface area contributed by atoms with E-state index in [9.17, 15) is 13.6 Å². The summed E-state index contributed by atoms with van der Waals surface area (Å²) in [6.45, 7) is 0. The molecule has 0 radical (unpaired) electrons. The zero-order valence-corrected chi connectivity index (χ0v) is 6.54. The molecule has 1 N–H and O–H groups in total. The Labute approximate surface area is 69.6 Å². The van der Waals surface area contributed by atoms with Gasteiger partial charge in [-0.15, -0.1) is 0 Å². The van der Waals surface area contributed by atoms with Crippen LogP contribution in [0, 0.1) is 11.6 Å². The standard InChI is InChI=1S/C7H3F2NOS/c8-3-1-4(9)6-5(2-3)12-10-7(6)11/h1-2H,(H,10,11). The van der Waals surface area contributed by atoms with Crippen molar-refractivity contribution < 1.29 is 8.78 Å². The number of aromatic amines is 1. The van der Waals surface area contributed by atoms with Gasteiger partial charge in [0.15, 0.2) is 0 Å². The fourth-order valence-corrected chi connectivity index (χ4v) is 1.77. The van der Waals surface area contributed by atoms with Gasteiger partial charge in [0.05, 0.1) is 10.1 Å². The summed E-state index contributed by atoms with van der Waals surface area (Å²) in [4.78, 5) is 10.9. The second-order valence-corrected chi connectivity index (χ2v) is 3.14. The lowest BCUT2D eigenvalue weighted by atomic mass is 10.2. The molecule has 0 atom stereocenters. The zero-order valence-electron chi connectivity index (χ0n) is 5.73. The molecule has 1 aromatic heterocycles. The lowest BCUT2D eigenvalue weighted by Crippen LogP contribution is -1.98. The van der Waals surface area contributed by atoms with Crippen LogP contribution in [0.15, 0.2) is 16.9 Å². The van der Waals surface area contributed by atoms with Gasteiger partial charge in [-0.2, -0.15) is 0 Å². The topological polar surface area (TPSA) is 32.9 Å². The number of benzene rings is 1. The smallest absolute Gasteiger partial charge is 0.268 e. The first-order chi connectivity index (χ1) is 5.68. The van der Waals surface area contributed by atoms with Crippen LogP contribution in [0.3, 0.4) is 0 Å². The van der Waals surface area contributed by atoms with E-state index in [1.807, 2.05) is 0 Å². The van der Waals surface area contributed by atoms with E-state index in [1.54, 1.807) is 0 Å². The van der Waals surface area contributed by atoms with Gasteiger partial charge < -0.3 is 0 Å². The molecule has 0 fully saturated rings. The van der Waals surface area contributed by atoms with Crippen LogP contribution in [0.4, 0.5) is 8.78 Å². The Kier molecular flexibility index (Phi) is 1.47. The van der Waals surface area contributed by atoms with E-state index in [-0.39, 0.29) is 5.39 Å². The minimum Gasteiger partial charge on any atom is -0.277 e. The number of hydrogen-bond acceptors (Lipinski definition) is 2. The molecule has 0 saturated heterocycles. The van der Waals surface area contributed by atoms with Crippen molar-refractivity contribution in [3.05, 3.63) is 34.1 Å². The number of halogens is 2. The van der Waals surface area contributed by atoms with Crippen molar-refractivity contribution >= 4 is 21.6 Å². The maximum Gasteiger partial charge on any atom is 0.268 e. The van der Waals surface area contributed by atoms with E-state index >= 15 is 0 Å². The molecule has 2 nitrogen and oxygen atoms in total. The van der Waals surface area contributed by atoms with Crippen LogP contribution in [0.5, 0.6) is 0 Å². The molecule has 0 bridgehead atoms. The SMILES string of the molecule is O=c1[nH]sc2cc(F)cc(F)c12. The van der Waals surface area contributed by atoms with Crippen molar-refractivity contribution in [2.45, 2.75) is 0 Å². The Hall–Kier alpha value is -1.23. The third kappa shape index (κ3) is 0.937. The van der Waals surface area contributed by atoms with E-state index in [0.29, 0.717) is 10.8 Å². The molecule has 0 unspecified atom stereocenters. The second-order valence-electron chi connectivity index (χ2n) is 2.29. The summed E-state index contributed by atoms with van der Waals surface area (Å²) in [5, 5.41) is -0.0681. The van der Waals surface area contributed by atoms with Gasteiger partial charge in [0, 0.05) is 6.07 Å². The molecule has 2 rings (SSSR count). The minimum atomic E-state index is -0.812. The van der Waals surface area contributed by atoms with Gasteiger partial charge >= 0.3 is 0 Å². The van der Waals surface area contributed by atoms with E-state index < -0.39 is 17.2 Å². The summed E-state index contributed by atoms with van der Waals surface area (Å²) in [7, 11) is 0. The van der Waals surface area contributed by atoms with Gasteiger partial charge in [-0.1, -0.05) is 11.5 Å². The molecule has 0 aliphatic carbocycles. The molecular weight excluding hydrogens is 184 g/mol. The average Bonchev–Trinajstić information content (AvgIpc) is 2.31. The van der Waals surface area contributed by atoms with Crippen LogP contribution in [-0.2, 0) is 0 Å². The number of rotatable bonds is 0. The third-order valence-corrected chi connectivity index (χ3v) is 2.33. The highest BCUT2D eigenvalue weighted by Crippen LogP contribution is 2.18. The number of aromatic nitrogens is 1. The number of hydrogen-bond donors (Lipinski definition) is 1. The molecular formula is C7H3F2NOS. The van der Waals surface area contributed by atoms with Gasteiger partial charge in [-0.25, -0.2) is 8.78 Å². The molecule has 2 aromatic rings. The molecule has 0 aliphatic rings. The van der Waals surface area contributed by atoms with E-state index in [1.165, 1.54) is 0 Å². The first-order valence-corrected chi connectivity index (χ1v) is 3.96. The summed E-state index contributed by atoms with van der Waals surface area (Å²) < 4.78 is 28.1. The Morgan fingerprint density at radius 2 is 2.08 bits per heavy atom. The highest BCUT2D eigenvalue weighted by atomic mass is 32.1. The van der Waals surface area contributed by atoms with E-state index in [0.717, 1.165) is 17.6 Å². The predicted octanol–water partition coefficient (Wildman–Crippen LogP) is 1.87. The van der Waals surface area contributed by atoms with Crippen LogP contribution in [0.1, 0.15) is 0 Å². The van der Waals surface area contributed by atoms with Crippen LogP contribution in [0.2, 0.25) is 0 Å². The van der Waals surface area contributed by atoms with E-state index in [2.05, 4.69) is 4.37 Å². The summed E-state index contributed by atoms with van der Waals surface area (Å²) in [5.74, 6) is -1.48. The van der Waals surface area contributed by atoms with Crippen molar-refractivity contribution in [3.63, 3.8) is 0 Å². The first-order valence-electron chi connectivity index (χ1n) is 3.15. The molecule has 5 heteroatoms. The normalized spacial score (nSPS) is 10.8. The fraction of sp³-hybridized carbons (Fsp3) is 0. The van der Waals surface area contributed by atoms with Gasteiger partial charge in [-0.05, 0) is 6.07 Å². The largest absolute Gasteiger partial charge is 0.277 e. The zero-order chi connectivity index (χ0) is 8.72. The summed E-state index contributed by atoms with van der Waals surface area (Å²) in [6.07, 6.45) is 0. The Morgan fingerprint density at radius 1 is 1.33 bits per heavy atom. The van der Waals surface area contributed by atoms with Crippen molar-refractivity contribution in [2.24, 2.45) is 0 Å². The van der Waals surface area contributed by atoms with Gasteiger partial charge in [0.25, 0.3) is 5.56 Å². The first kappa shape index (κ1) is 7.42. The minimum absolute atomic E-state index is 0.0681. The van der Waals surface area contributed by atoms with Crippen LogP contribution in [-0.4, -0.2) is 4.37 Å². The molecule has 1 aromatic carbocycles. The lowest BCUT2D eigenvalue weighted by Gasteiger charge is -1.89. The summed E-state index contributed by atoms with van der Waals surface area (Å²) >= 11 is 0.925. The Bertz CT molecular complexity index is 488. The van der Waals surface area contributed by atoms with Crippen molar-refractivity contribution in [1.29, 1.82) is 0 Å². The number of fused-ring (bicyclic) bond motifs is 1. The van der Waals surface area contributed by atoms with Crippen molar-refractivity contribution in [3.8, 4) is 0 Å². The number of nitrogens with one attached hydrogen (secondary N) is 1. The molecule has 12 heavy (non-hydrogen) atoms. The van der Waals surface area contributed by atoms with Crippen molar-refractivity contribution in [2.75, 3.05) is 0 Å². The van der Waals surface area contributed by atoms with Gasteiger partial charge in [-0.3, -0.25) is 9.17 Å². The summed E-state index contributed by atoms with van der Waals surface area (Å²) in [6, 6.07) is 1.82. The van der Waals surface area contributed by atoms with Crippen LogP contribution in [0.25, 0.3) is 10.1 Å². The average molecular weight is 187 g/mol. The maximum absolute atomic E-state index is 12.9. The molecule has 0 aliphatic heterocycles. The third-order valence-electron chi connectivity index (χ3n) is 1.50. The molecule has 0 spiro atoms. The predicted molar refractivity (Wildman–Crippen MR) is 42.4 cm³/mol. The molecule has 1 heterocycles. The highest BCUT2D eigenvalue weighted by molar-refractivity contribution is 7.13. The molecule has 62 valence electrons. The fourth-order valence-electron chi connectivity index (χ4n) is 1.00. The lowest BCUT2D eigenvalue weighted by molar-refractivity contribution is 0.592. The number of H-pyrrole nitrogens is 1. The molecule has 0 amide bonds. The molecule has 0 saturated carbocycles. The van der Waals surface area contributed by atoms with Crippen LogP contribution < -0.4 is 5.56 Å². The second kappa shape index (κ2) is 2.38. The monoisotopic (exact) mass is 187 g/mol. The maximum atomic E-state index is 12.9. The quantitative estimate of drug-likeness (QED) is 0.671. The van der Waals surface area contributed by atoms with Gasteiger partial charge in [0.2, 0.25) is 0 Å². The Balaban J connectivity index is 3.03. The highest BCUT2D eigenvalue weighted by Gasteiger charge is 2.08. The summed E-state index contributed by atoms with van der Waals surface area (Å²) in [5.41, 5.74) is -0.507. The van der Waals surface area contributed by atoms with Crippen molar-refractivity contribution in [1.82, 2.24) is 4.37 Å². The van der Waals surface area contributed by atoms with Gasteiger partial charge in [0.1, 0.15) is 11.6 Å².